The van der Waals surface area contributed by atoms with Crippen LogP contribution in [-0.4, -0.2) is 114 Å². The van der Waals surface area contributed by atoms with E-state index in [1.165, 1.54) is 12.5 Å². The number of aliphatic hydroxyl groups excluding tert-OH is 4. The van der Waals surface area contributed by atoms with E-state index in [1.54, 1.807) is 0 Å². The lowest BCUT2D eigenvalue weighted by Crippen LogP contribution is -2.62. The van der Waals surface area contributed by atoms with Crippen LogP contribution in [0.3, 0.4) is 0 Å². The monoisotopic (exact) mass is 854 g/mol. The number of benzene rings is 1. The summed E-state index contributed by atoms with van der Waals surface area (Å²) in [4.78, 5) is 25.7. The highest BCUT2D eigenvalue weighted by Crippen LogP contribution is 2.67. The van der Waals surface area contributed by atoms with Crippen LogP contribution < -0.4 is 0 Å². The van der Waals surface area contributed by atoms with Crippen LogP contribution in [0.4, 0.5) is 0 Å². The molecule has 0 aromatic heterocycles. The fourth-order valence-corrected chi connectivity index (χ4v) is 11.8. The molecule has 0 radical (unpaired) electrons. The number of allylic oxidation sites excluding steroid dienone is 1. The Labute approximate surface area is 361 Å². The van der Waals surface area contributed by atoms with Gasteiger partial charge in [0.2, 0.25) is 0 Å². The van der Waals surface area contributed by atoms with Crippen molar-refractivity contribution < 1.29 is 63.2 Å². The highest BCUT2D eigenvalue weighted by atomic mass is 16.7. The molecule has 5 fully saturated rings. The number of carbonyl (C=O) groups excluding carboxylic acids is 2. The molecule has 7 rings (SSSR count). The predicted octanol–water partition coefficient (Wildman–Crippen LogP) is 5.86. The van der Waals surface area contributed by atoms with Gasteiger partial charge in [-0.25, -0.2) is 0 Å². The van der Waals surface area contributed by atoms with Crippen molar-refractivity contribution in [3.05, 3.63) is 58.7 Å². The first-order valence-corrected chi connectivity index (χ1v) is 22.7. The van der Waals surface area contributed by atoms with Gasteiger partial charge in [-0.15, -0.1) is 0 Å². The Morgan fingerprint density at radius 2 is 1.54 bits per heavy atom. The first-order chi connectivity index (χ1) is 29.0. The molecular weight excluding hydrogens is 785 g/mol. The van der Waals surface area contributed by atoms with E-state index in [2.05, 4.69) is 33.8 Å². The van der Waals surface area contributed by atoms with Crippen LogP contribution in [0.25, 0.3) is 0 Å². The SMILES string of the molecule is CC(=O)OC1C(O[C@@H]2CC3C4CC=C5C[C@@H](O)CC[C@]5(C)C4CC[C@]3(C)/C2=C(\C)COC(=O)CCC(C)C)OCC(O)C1OC1OCC(O)C(O)C1OC(C)c1ccccc1. The molecule has 0 spiro atoms. The maximum absolute atomic E-state index is 12.9. The molecule has 4 N–H and O–H groups in total. The first kappa shape index (κ1) is 46.3. The molecule has 2 aliphatic heterocycles. The van der Waals surface area contributed by atoms with Crippen LogP contribution in [0.2, 0.25) is 0 Å². The van der Waals surface area contributed by atoms with Gasteiger partial charge in [0.15, 0.2) is 18.7 Å². The van der Waals surface area contributed by atoms with Crippen molar-refractivity contribution in [2.75, 3.05) is 19.8 Å². The van der Waals surface area contributed by atoms with Gasteiger partial charge < -0.3 is 53.6 Å². The smallest absolute Gasteiger partial charge is 0.306 e. The van der Waals surface area contributed by atoms with Gasteiger partial charge >= 0.3 is 11.9 Å². The summed E-state index contributed by atoms with van der Waals surface area (Å²) in [6, 6.07) is 9.41. The van der Waals surface area contributed by atoms with Crippen LogP contribution in [0, 0.1) is 34.5 Å². The van der Waals surface area contributed by atoms with Gasteiger partial charge in [-0.3, -0.25) is 9.59 Å². The molecule has 2 saturated heterocycles. The van der Waals surface area contributed by atoms with Crippen molar-refractivity contribution >= 4 is 11.9 Å². The minimum absolute atomic E-state index is 0.0200. The molecule has 0 bridgehead atoms. The standard InChI is InChI=1S/C48H70O13/c1-26(2)13-16-39(53)55-23-27(3)40-38(22-35-33-15-14-31-21-32(50)17-19-47(31,6)34(33)18-20-48(35,40)7)60-46-44(59-29(5)49)42(37(52)25-57-46)61-45-43(41(54)36(51)24-56-45)58-28(4)30-11-9-8-10-12-30/h8-12,14,26,28,32-38,41-46,50-52,54H,13,15-25H2,1-7H3/b40-27+/t28?,32-,33?,34?,35?,36?,37?,38+,41?,42?,43?,44?,45?,46?,47-,48-/m0/s1. The average Bonchev–Trinajstić information content (AvgIpc) is 3.53. The zero-order valence-electron chi connectivity index (χ0n) is 37.1. The molecule has 12 unspecified atom stereocenters. The fourth-order valence-electron chi connectivity index (χ4n) is 11.8. The third kappa shape index (κ3) is 9.71. The summed E-state index contributed by atoms with van der Waals surface area (Å²) in [5.74, 6) is 0.529. The molecule has 61 heavy (non-hydrogen) atoms. The summed E-state index contributed by atoms with van der Waals surface area (Å²) in [6.45, 7) is 13.6. The van der Waals surface area contributed by atoms with E-state index in [1.807, 2.05) is 44.2 Å². The fraction of sp³-hybridized carbons (Fsp3) is 0.750. The third-order valence-corrected chi connectivity index (χ3v) is 15.1. The Hall–Kier alpha value is -2.72. The Morgan fingerprint density at radius 3 is 2.25 bits per heavy atom. The van der Waals surface area contributed by atoms with Crippen molar-refractivity contribution in [1.82, 2.24) is 0 Å². The largest absolute Gasteiger partial charge is 0.461 e. The van der Waals surface area contributed by atoms with Crippen molar-refractivity contribution in [2.45, 2.75) is 174 Å². The van der Waals surface area contributed by atoms with E-state index < -0.39 is 67.4 Å². The van der Waals surface area contributed by atoms with Gasteiger partial charge in [-0.1, -0.05) is 69.7 Å². The summed E-state index contributed by atoms with van der Waals surface area (Å²) in [5.41, 5.74) is 3.95. The number of rotatable bonds is 13. The van der Waals surface area contributed by atoms with Gasteiger partial charge in [0, 0.05) is 13.3 Å². The van der Waals surface area contributed by atoms with E-state index in [-0.39, 0.29) is 48.6 Å². The number of hydrogen-bond donors (Lipinski definition) is 4. The zero-order chi connectivity index (χ0) is 43.8. The lowest BCUT2D eigenvalue weighted by molar-refractivity contribution is -0.345. The van der Waals surface area contributed by atoms with E-state index in [9.17, 15) is 30.0 Å². The molecular formula is C48H70O13. The maximum Gasteiger partial charge on any atom is 0.306 e. The van der Waals surface area contributed by atoms with Crippen LogP contribution in [0.5, 0.6) is 0 Å². The normalized spacial score (nSPS) is 41.2. The third-order valence-electron chi connectivity index (χ3n) is 15.1. The van der Waals surface area contributed by atoms with Gasteiger partial charge in [0.1, 0.15) is 37.1 Å². The molecule has 340 valence electrons. The highest BCUT2D eigenvalue weighted by Gasteiger charge is 2.61. The van der Waals surface area contributed by atoms with Crippen LogP contribution in [0.1, 0.15) is 118 Å². The Balaban J connectivity index is 1.17. The summed E-state index contributed by atoms with van der Waals surface area (Å²) >= 11 is 0. The highest BCUT2D eigenvalue weighted by molar-refractivity contribution is 5.69. The number of hydrogen-bond acceptors (Lipinski definition) is 13. The second-order valence-corrected chi connectivity index (χ2v) is 19.6. The lowest BCUT2D eigenvalue weighted by atomic mass is 9.47. The number of aliphatic hydroxyl groups is 4. The Morgan fingerprint density at radius 1 is 0.852 bits per heavy atom. The van der Waals surface area contributed by atoms with Crippen molar-refractivity contribution in [1.29, 1.82) is 0 Å². The summed E-state index contributed by atoms with van der Waals surface area (Å²) < 4.78 is 43.7. The number of fused-ring (bicyclic) bond motifs is 5. The quantitative estimate of drug-likeness (QED) is 0.137. The maximum atomic E-state index is 12.9. The van der Waals surface area contributed by atoms with Crippen LogP contribution >= 0.6 is 0 Å². The molecule has 4 aliphatic carbocycles. The molecule has 0 amide bonds. The Bertz CT molecular complexity index is 1750. The van der Waals surface area contributed by atoms with Gasteiger partial charge in [0.05, 0.1) is 31.5 Å². The van der Waals surface area contributed by atoms with E-state index >= 15 is 0 Å². The van der Waals surface area contributed by atoms with E-state index in [0.29, 0.717) is 30.6 Å². The minimum atomic E-state index is -1.38. The summed E-state index contributed by atoms with van der Waals surface area (Å²) in [5, 5.41) is 43.9. The Kier molecular flexibility index (Phi) is 14.5. The summed E-state index contributed by atoms with van der Waals surface area (Å²) in [6.07, 6.45) is -1.84. The minimum Gasteiger partial charge on any atom is -0.461 e. The topological polar surface area (TPSA) is 180 Å². The van der Waals surface area contributed by atoms with Crippen molar-refractivity contribution in [3.63, 3.8) is 0 Å². The molecule has 1 aromatic rings. The summed E-state index contributed by atoms with van der Waals surface area (Å²) in [7, 11) is 0. The molecule has 1 aromatic carbocycles. The van der Waals surface area contributed by atoms with Crippen molar-refractivity contribution in [3.8, 4) is 0 Å². The molecule has 6 aliphatic rings. The first-order valence-electron chi connectivity index (χ1n) is 22.7. The molecule has 13 nitrogen and oxygen atoms in total. The van der Waals surface area contributed by atoms with Gasteiger partial charge in [0.25, 0.3) is 0 Å². The molecule has 13 heteroatoms. The second kappa shape index (κ2) is 19.2. The van der Waals surface area contributed by atoms with Gasteiger partial charge in [-0.05, 0) is 116 Å². The molecule has 3 saturated carbocycles. The van der Waals surface area contributed by atoms with Gasteiger partial charge in [-0.2, -0.15) is 0 Å². The lowest BCUT2D eigenvalue weighted by Gasteiger charge is -2.57. The van der Waals surface area contributed by atoms with E-state index in [4.69, 9.17) is 33.2 Å². The number of ether oxygens (including phenoxy) is 7. The molecule has 2 heterocycles. The average molecular weight is 855 g/mol. The zero-order valence-corrected chi connectivity index (χ0v) is 37.1. The number of carbonyl (C=O) groups is 2. The van der Waals surface area contributed by atoms with Crippen LogP contribution in [-0.2, 0) is 42.7 Å². The number of esters is 2. The second-order valence-electron chi connectivity index (χ2n) is 19.6. The van der Waals surface area contributed by atoms with E-state index in [0.717, 1.165) is 61.7 Å². The molecule has 16 atom stereocenters. The predicted molar refractivity (Wildman–Crippen MR) is 223 cm³/mol. The van der Waals surface area contributed by atoms with Crippen LogP contribution in [0.15, 0.2) is 53.1 Å². The van der Waals surface area contributed by atoms with Crippen molar-refractivity contribution in [2.24, 2.45) is 34.5 Å².